The van der Waals surface area contributed by atoms with Crippen LogP contribution in [-0.2, 0) is 14.8 Å². The number of carbonyl (C=O) groups is 1. The van der Waals surface area contributed by atoms with Gasteiger partial charge in [-0.05, 0) is 42.7 Å². The Balaban J connectivity index is 1.76. The standard InChI is InChI=1S/C20H26N2O4S/c1-3-26-18-9-11-19(12-10-18)27(24,25)22-14-13-20(23)21-15-16(2)17-7-5-4-6-8-17/h4-12,16,22H,3,13-15H2,1-2H3,(H,21,23). The molecule has 1 atom stereocenters. The van der Waals surface area contributed by atoms with Crippen LogP contribution in [0.2, 0.25) is 0 Å². The van der Waals surface area contributed by atoms with Crippen molar-refractivity contribution >= 4 is 15.9 Å². The van der Waals surface area contributed by atoms with Gasteiger partial charge in [0.1, 0.15) is 5.75 Å². The van der Waals surface area contributed by atoms with Crippen molar-refractivity contribution in [3.8, 4) is 5.75 Å². The number of sulfonamides is 1. The van der Waals surface area contributed by atoms with Crippen molar-refractivity contribution in [3.63, 3.8) is 0 Å². The lowest BCUT2D eigenvalue weighted by atomic mass is 10.0. The quantitative estimate of drug-likeness (QED) is 0.653. The Morgan fingerprint density at radius 2 is 1.74 bits per heavy atom. The molecule has 0 aliphatic heterocycles. The third-order valence-electron chi connectivity index (χ3n) is 4.06. The molecule has 0 radical (unpaired) electrons. The van der Waals surface area contributed by atoms with E-state index in [2.05, 4.69) is 10.0 Å². The Hall–Kier alpha value is -2.38. The minimum atomic E-state index is -3.65. The van der Waals surface area contributed by atoms with E-state index in [1.807, 2.05) is 44.2 Å². The van der Waals surface area contributed by atoms with Crippen LogP contribution in [0.3, 0.4) is 0 Å². The predicted octanol–water partition coefficient (Wildman–Crippen LogP) is 2.67. The Kier molecular flexibility index (Phi) is 7.82. The number of benzene rings is 2. The molecule has 2 N–H and O–H groups in total. The summed E-state index contributed by atoms with van der Waals surface area (Å²) in [6.07, 6.45) is 0.0811. The van der Waals surface area contributed by atoms with E-state index < -0.39 is 10.0 Å². The van der Waals surface area contributed by atoms with Gasteiger partial charge in [0, 0.05) is 19.5 Å². The first kappa shape index (κ1) is 20.9. The summed E-state index contributed by atoms with van der Waals surface area (Å²) in [5.41, 5.74) is 1.15. The van der Waals surface area contributed by atoms with Crippen molar-refractivity contribution in [2.24, 2.45) is 0 Å². The van der Waals surface area contributed by atoms with Gasteiger partial charge in [-0.2, -0.15) is 0 Å². The lowest BCUT2D eigenvalue weighted by Gasteiger charge is -2.13. The largest absolute Gasteiger partial charge is 0.494 e. The van der Waals surface area contributed by atoms with Crippen molar-refractivity contribution in [1.82, 2.24) is 10.0 Å². The third-order valence-corrected chi connectivity index (χ3v) is 5.54. The number of nitrogens with one attached hydrogen (secondary N) is 2. The number of hydrogen-bond acceptors (Lipinski definition) is 4. The highest BCUT2D eigenvalue weighted by atomic mass is 32.2. The van der Waals surface area contributed by atoms with E-state index in [-0.39, 0.29) is 29.7 Å². The molecule has 0 spiro atoms. The number of hydrogen-bond donors (Lipinski definition) is 2. The van der Waals surface area contributed by atoms with E-state index in [0.29, 0.717) is 18.9 Å². The van der Waals surface area contributed by atoms with E-state index >= 15 is 0 Å². The van der Waals surface area contributed by atoms with Crippen molar-refractivity contribution in [3.05, 3.63) is 60.2 Å². The van der Waals surface area contributed by atoms with Gasteiger partial charge >= 0.3 is 0 Å². The monoisotopic (exact) mass is 390 g/mol. The molecule has 0 saturated heterocycles. The summed E-state index contributed by atoms with van der Waals surface area (Å²) >= 11 is 0. The van der Waals surface area contributed by atoms with Gasteiger partial charge in [0.05, 0.1) is 11.5 Å². The molecule has 0 heterocycles. The van der Waals surface area contributed by atoms with Crippen LogP contribution in [0.5, 0.6) is 5.75 Å². The summed E-state index contributed by atoms with van der Waals surface area (Å²) in [5.74, 6) is 0.617. The molecule has 0 bridgehead atoms. The van der Waals surface area contributed by atoms with Crippen LogP contribution < -0.4 is 14.8 Å². The van der Waals surface area contributed by atoms with Crippen LogP contribution >= 0.6 is 0 Å². The van der Waals surface area contributed by atoms with Gasteiger partial charge in [-0.15, -0.1) is 0 Å². The third kappa shape index (κ3) is 6.69. The van der Waals surface area contributed by atoms with Crippen molar-refractivity contribution < 1.29 is 17.9 Å². The summed E-state index contributed by atoms with van der Waals surface area (Å²) in [4.78, 5) is 12.1. The van der Waals surface area contributed by atoms with Crippen LogP contribution in [-0.4, -0.2) is 34.0 Å². The van der Waals surface area contributed by atoms with Gasteiger partial charge in [-0.1, -0.05) is 37.3 Å². The van der Waals surface area contributed by atoms with Crippen molar-refractivity contribution in [1.29, 1.82) is 0 Å². The molecule has 0 aliphatic carbocycles. The fourth-order valence-electron chi connectivity index (χ4n) is 2.52. The Morgan fingerprint density at radius 3 is 2.37 bits per heavy atom. The maximum atomic E-state index is 12.3. The molecule has 0 saturated carbocycles. The average molecular weight is 391 g/mol. The Morgan fingerprint density at radius 1 is 1.07 bits per heavy atom. The van der Waals surface area contributed by atoms with E-state index in [0.717, 1.165) is 5.56 Å². The second kappa shape index (κ2) is 10.1. The molecule has 2 aromatic carbocycles. The minimum Gasteiger partial charge on any atom is -0.494 e. The predicted molar refractivity (Wildman–Crippen MR) is 105 cm³/mol. The molecule has 1 amide bonds. The van der Waals surface area contributed by atoms with Gasteiger partial charge < -0.3 is 10.1 Å². The van der Waals surface area contributed by atoms with Crippen LogP contribution in [0.15, 0.2) is 59.5 Å². The average Bonchev–Trinajstić information content (AvgIpc) is 2.67. The first-order valence-electron chi connectivity index (χ1n) is 8.96. The molecule has 0 aliphatic rings. The van der Waals surface area contributed by atoms with E-state index in [1.165, 1.54) is 12.1 Å². The molecule has 1 unspecified atom stereocenters. The Labute approximate surface area is 161 Å². The second-order valence-electron chi connectivity index (χ2n) is 6.17. The number of carbonyl (C=O) groups excluding carboxylic acids is 1. The van der Waals surface area contributed by atoms with Crippen LogP contribution in [0, 0.1) is 0 Å². The molecule has 0 aromatic heterocycles. The summed E-state index contributed by atoms with van der Waals surface area (Å²) in [6, 6.07) is 16.1. The molecular weight excluding hydrogens is 364 g/mol. The van der Waals surface area contributed by atoms with Gasteiger partial charge in [-0.25, -0.2) is 13.1 Å². The SMILES string of the molecule is CCOc1ccc(S(=O)(=O)NCCC(=O)NCC(C)c2ccccc2)cc1. The smallest absolute Gasteiger partial charge is 0.240 e. The first-order chi connectivity index (χ1) is 12.9. The summed E-state index contributed by atoms with van der Waals surface area (Å²) < 4.78 is 32.2. The molecule has 0 fully saturated rings. The highest BCUT2D eigenvalue weighted by Crippen LogP contribution is 2.16. The van der Waals surface area contributed by atoms with Gasteiger partial charge in [0.25, 0.3) is 0 Å². The van der Waals surface area contributed by atoms with Crippen LogP contribution in [0.4, 0.5) is 0 Å². The van der Waals surface area contributed by atoms with Gasteiger partial charge in [0.15, 0.2) is 0 Å². The molecule has 27 heavy (non-hydrogen) atoms. The fraction of sp³-hybridized carbons (Fsp3) is 0.350. The number of amides is 1. The highest BCUT2D eigenvalue weighted by Gasteiger charge is 2.14. The maximum Gasteiger partial charge on any atom is 0.240 e. The first-order valence-corrected chi connectivity index (χ1v) is 10.4. The van der Waals surface area contributed by atoms with E-state index in [9.17, 15) is 13.2 Å². The molecule has 7 heteroatoms. The zero-order chi connectivity index (χ0) is 19.7. The molecule has 2 rings (SSSR count). The van der Waals surface area contributed by atoms with Crippen LogP contribution in [0.1, 0.15) is 31.7 Å². The fourth-order valence-corrected chi connectivity index (χ4v) is 3.55. The minimum absolute atomic E-state index is 0.0428. The van der Waals surface area contributed by atoms with E-state index in [1.54, 1.807) is 12.1 Å². The van der Waals surface area contributed by atoms with E-state index in [4.69, 9.17) is 4.74 Å². The highest BCUT2D eigenvalue weighted by molar-refractivity contribution is 7.89. The number of ether oxygens (including phenoxy) is 1. The molecule has 146 valence electrons. The lowest BCUT2D eigenvalue weighted by molar-refractivity contribution is -0.120. The molecular formula is C20H26N2O4S. The Bertz CT molecular complexity index is 821. The zero-order valence-electron chi connectivity index (χ0n) is 15.6. The zero-order valence-corrected chi connectivity index (χ0v) is 16.5. The molecule has 2 aromatic rings. The summed E-state index contributed by atoms with van der Waals surface area (Å²) in [6.45, 7) is 4.96. The normalized spacial score (nSPS) is 12.4. The van der Waals surface area contributed by atoms with Gasteiger partial charge in [-0.3, -0.25) is 4.79 Å². The summed E-state index contributed by atoms with van der Waals surface area (Å²) in [5, 5.41) is 2.84. The maximum absolute atomic E-state index is 12.3. The number of rotatable bonds is 10. The topological polar surface area (TPSA) is 84.5 Å². The van der Waals surface area contributed by atoms with Gasteiger partial charge in [0.2, 0.25) is 15.9 Å². The van der Waals surface area contributed by atoms with Crippen molar-refractivity contribution in [2.45, 2.75) is 31.1 Å². The second-order valence-corrected chi connectivity index (χ2v) is 7.93. The van der Waals surface area contributed by atoms with Crippen LogP contribution in [0.25, 0.3) is 0 Å². The lowest BCUT2D eigenvalue weighted by Crippen LogP contribution is -2.32. The molecule has 6 nitrogen and oxygen atoms in total. The van der Waals surface area contributed by atoms with Crippen molar-refractivity contribution in [2.75, 3.05) is 19.7 Å². The summed E-state index contributed by atoms with van der Waals surface area (Å²) in [7, 11) is -3.65.